The van der Waals surface area contributed by atoms with Gasteiger partial charge in [0.2, 0.25) is 0 Å². The van der Waals surface area contributed by atoms with E-state index in [0.717, 1.165) is 32.4 Å². The molecule has 21 heavy (non-hydrogen) atoms. The first kappa shape index (κ1) is 15.4. The number of hydrogen-bond donors (Lipinski definition) is 1. The van der Waals surface area contributed by atoms with Crippen LogP contribution in [0.3, 0.4) is 0 Å². The average molecular weight is 291 g/mol. The van der Waals surface area contributed by atoms with Gasteiger partial charge >= 0.3 is 0 Å². The molecule has 0 aliphatic carbocycles. The zero-order valence-electron chi connectivity index (χ0n) is 12.2. The van der Waals surface area contributed by atoms with Gasteiger partial charge in [0, 0.05) is 30.3 Å². The van der Waals surface area contributed by atoms with Crippen LogP contribution in [0.5, 0.6) is 0 Å². The van der Waals surface area contributed by atoms with Crippen molar-refractivity contribution in [3.05, 3.63) is 39.9 Å². The second-order valence-corrected chi connectivity index (χ2v) is 5.29. The highest BCUT2D eigenvalue weighted by Gasteiger charge is 2.26. The summed E-state index contributed by atoms with van der Waals surface area (Å²) in [6.45, 7) is 4.54. The first-order chi connectivity index (χ1) is 10.1. The van der Waals surface area contributed by atoms with Gasteiger partial charge in [0.15, 0.2) is 0 Å². The molecule has 1 heterocycles. The van der Waals surface area contributed by atoms with Crippen molar-refractivity contribution < 1.29 is 9.72 Å². The molecule has 0 unspecified atom stereocenters. The molecule has 1 aromatic carbocycles. The second-order valence-electron chi connectivity index (χ2n) is 5.29. The van der Waals surface area contributed by atoms with Crippen LogP contribution in [0, 0.1) is 10.1 Å². The van der Waals surface area contributed by atoms with Crippen molar-refractivity contribution in [1.29, 1.82) is 0 Å². The number of nitrogens with zero attached hydrogens (tertiary/aromatic N) is 2. The summed E-state index contributed by atoms with van der Waals surface area (Å²) in [5.74, 6) is -0.104. The minimum absolute atomic E-state index is 0.0393. The van der Waals surface area contributed by atoms with Crippen molar-refractivity contribution in [2.45, 2.75) is 32.2 Å². The Balaban J connectivity index is 2.20. The number of carbonyl (C=O) groups is 1. The topological polar surface area (TPSA) is 75.5 Å². The molecule has 0 radical (unpaired) electrons. The largest absolute Gasteiger partial charge is 0.336 e. The SMILES string of the molecule is CCCN(C(=O)c1cccc([N+](=O)[O-])c1)C1CCNCC1. The van der Waals surface area contributed by atoms with Gasteiger partial charge in [0.1, 0.15) is 0 Å². The Kier molecular flexibility index (Phi) is 5.27. The van der Waals surface area contributed by atoms with E-state index in [2.05, 4.69) is 5.32 Å². The minimum Gasteiger partial charge on any atom is -0.336 e. The van der Waals surface area contributed by atoms with Gasteiger partial charge in [-0.1, -0.05) is 13.0 Å². The lowest BCUT2D eigenvalue weighted by atomic mass is 10.0. The van der Waals surface area contributed by atoms with Crippen molar-refractivity contribution in [2.24, 2.45) is 0 Å². The number of carbonyl (C=O) groups excluding carboxylic acids is 1. The summed E-state index contributed by atoms with van der Waals surface area (Å²) in [7, 11) is 0. The molecule has 1 N–H and O–H groups in total. The molecule has 114 valence electrons. The Morgan fingerprint density at radius 3 is 2.76 bits per heavy atom. The molecule has 0 aromatic heterocycles. The summed E-state index contributed by atoms with van der Waals surface area (Å²) in [5.41, 5.74) is 0.360. The van der Waals surface area contributed by atoms with E-state index in [4.69, 9.17) is 0 Å². The zero-order chi connectivity index (χ0) is 15.2. The van der Waals surface area contributed by atoms with Gasteiger partial charge in [0.05, 0.1) is 4.92 Å². The second kappa shape index (κ2) is 7.17. The van der Waals surface area contributed by atoms with Crippen LogP contribution in [0.15, 0.2) is 24.3 Å². The fourth-order valence-electron chi connectivity index (χ4n) is 2.73. The smallest absolute Gasteiger partial charge is 0.270 e. The van der Waals surface area contributed by atoms with E-state index in [1.54, 1.807) is 12.1 Å². The van der Waals surface area contributed by atoms with Crippen molar-refractivity contribution in [1.82, 2.24) is 10.2 Å². The molecule has 6 nitrogen and oxygen atoms in total. The number of nitro groups is 1. The van der Waals surface area contributed by atoms with E-state index < -0.39 is 4.92 Å². The van der Waals surface area contributed by atoms with E-state index in [-0.39, 0.29) is 17.6 Å². The van der Waals surface area contributed by atoms with Crippen molar-refractivity contribution >= 4 is 11.6 Å². The maximum atomic E-state index is 12.7. The van der Waals surface area contributed by atoms with Gasteiger partial charge < -0.3 is 10.2 Å². The molecule has 0 saturated carbocycles. The number of piperidine rings is 1. The third-order valence-electron chi connectivity index (χ3n) is 3.78. The van der Waals surface area contributed by atoms with Gasteiger partial charge in [-0.05, 0) is 38.4 Å². The van der Waals surface area contributed by atoms with Gasteiger partial charge in [-0.2, -0.15) is 0 Å². The van der Waals surface area contributed by atoms with Crippen LogP contribution < -0.4 is 5.32 Å². The Morgan fingerprint density at radius 2 is 2.14 bits per heavy atom. The van der Waals surface area contributed by atoms with Crippen molar-refractivity contribution in [3.63, 3.8) is 0 Å². The third-order valence-corrected chi connectivity index (χ3v) is 3.78. The Labute approximate surface area is 124 Å². The number of hydrogen-bond acceptors (Lipinski definition) is 4. The van der Waals surface area contributed by atoms with Crippen LogP contribution in [-0.2, 0) is 0 Å². The number of amides is 1. The molecule has 1 aromatic rings. The van der Waals surface area contributed by atoms with E-state index >= 15 is 0 Å². The maximum Gasteiger partial charge on any atom is 0.270 e. The lowest BCUT2D eigenvalue weighted by molar-refractivity contribution is -0.384. The molecule has 1 aliphatic heterocycles. The summed E-state index contributed by atoms with van der Waals surface area (Å²) in [6, 6.07) is 6.21. The average Bonchev–Trinajstić information content (AvgIpc) is 2.53. The normalized spacial score (nSPS) is 15.7. The molecule has 1 saturated heterocycles. The first-order valence-electron chi connectivity index (χ1n) is 7.39. The summed E-state index contributed by atoms with van der Waals surface area (Å²) < 4.78 is 0. The number of rotatable bonds is 5. The number of benzene rings is 1. The van der Waals surface area contributed by atoms with Crippen LogP contribution in [0.1, 0.15) is 36.5 Å². The lowest BCUT2D eigenvalue weighted by Gasteiger charge is -2.34. The highest BCUT2D eigenvalue weighted by Crippen LogP contribution is 2.19. The van der Waals surface area contributed by atoms with Gasteiger partial charge in [0.25, 0.3) is 11.6 Å². The first-order valence-corrected chi connectivity index (χ1v) is 7.39. The predicted octanol–water partition coefficient (Wildman–Crippen LogP) is 2.20. The number of nitro benzene ring substituents is 1. The van der Waals surface area contributed by atoms with Gasteiger partial charge in [-0.25, -0.2) is 0 Å². The minimum atomic E-state index is -0.467. The predicted molar refractivity (Wildman–Crippen MR) is 80.3 cm³/mol. The summed E-state index contributed by atoms with van der Waals surface area (Å²) >= 11 is 0. The van der Waals surface area contributed by atoms with E-state index in [1.807, 2.05) is 11.8 Å². The molecule has 0 bridgehead atoms. The Hall–Kier alpha value is -1.95. The zero-order valence-corrected chi connectivity index (χ0v) is 12.2. The summed E-state index contributed by atoms with van der Waals surface area (Å²) in [4.78, 5) is 24.9. The molecular weight excluding hydrogens is 270 g/mol. The van der Waals surface area contributed by atoms with Crippen LogP contribution in [0.2, 0.25) is 0 Å². The number of nitrogens with one attached hydrogen (secondary N) is 1. The van der Waals surface area contributed by atoms with Crippen LogP contribution in [-0.4, -0.2) is 41.4 Å². The summed E-state index contributed by atoms with van der Waals surface area (Å²) in [5, 5.41) is 14.1. The fraction of sp³-hybridized carbons (Fsp3) is 0.533. The Morgan fingerprint density at radius 1 is 1.43 bits per heavy atom. The van der Waals surface area contributed by atoms with Crippen molar-refractivity contribution in [2.75, 3.05) is 19.6 Å². The molecule has 6 heteroatoms. The molecule has 2 rings (SSSR count). The molecule has 1 fully saturated rings. The number of non-ortho nitro benzene ring substituents is 1. The molecule has 1 amide bonds. The maximum absolute atomic E-state index is 12.7. The van der Waals surface area contributed by atoms with Crippen LogP contribution in [0.25, 0.3) is 0 Å². The summed E-state index contributed by atoms with van der Waals surface area (Å²) in [6.07, 6.45) is 2.74. The van der Waals surface area contributed by atoms with Crippen LogP contribution in [0.4, 0.5) is 5.69 Å². The van der Waals surface area contributed by atoms with Crippen molar-refractivity contribution in [3.8, 4) is 0 Å². The highest BCUT2D eigenvalue weighted by molar-refractivity contribution is 5.95. The van der Waals surface area contributed by atoms with Crippen LogP contribution >= 0.6 is 0 Å². The van der Waals surface area contributed by atoms with Gasteiger partial charge in [-0.3, -0.25) is 14.9 Å². The third kappa shape index (κ3) is 3.78. The van der Waals surface area contributed by atoms with Gasteiger partial charge in [-0.15, -0.1) is 0 Å². The lowest BCUT2D eigenvalue weighted by Crippen LogP contribution is -2.46. The quantitative estimate of drug-likeness (QED) is 0.666. The standard InChI is InChI=1S/C15H21N3O3/c1-2-10-17(13-6-8-16-9-7-13)15(19)12-4-3-5-14(11-12)18(20)21/h3-5,11,13,16H,2,6-10H2,1H3. The monoisotopic (exact) mass is 291 g/mol. The molecule has 0 atom stereocenters. The molecule has 1 aliphatic rings. The molecular formula is C15H21N3O3. The Bertz CT molecular complexity index is 513. The van der Waals surface area contributed by atoms with E-state index in [1.165, 1.54) is 12.1 Å². The van der Waals surface area contributed by atoms with E-state index in [9.17, 15) is 14.9 Å². The fourth-order valence-corrected chi connectivity index (χ4v) is 2.73. The molecule has 0 spiro atoms. The van der Waals surface area contributed by atoms with E-state index in [0.29, 0.717) is 12.1 Å². The highest BCUT2D eigenvalue weighted by atomic mass is 16.6.